The van der Waals surface area contributed by atoms with E-state index in [9.17, 15) is 8.42 Å². The molecule has 0 saturated heterocycles. The van der Waals surface area contributed by atoms with Gasteiger partial charge in [0.2, 0.25) is 0 Å². The van der Waals surface area contributed by atoms with Crippen molar-refractivity contribution in [2.24, 2.45) is 5.92 Å². The lowest BCUT2D eigenvalue weighted by atomic mass is 10.00. The molecule has 1 N–H and O–H groups in total. The van der Waals surface area contributed by atoms with Gasteiger partial charge in [0.05, 0.1) is 10.5 Å². The van der Waals surface area contributed by atoms with E-state index in [0.29, 0.717) is 12.6 Å². The monoisotopic (exact) mass is 261 g/mol. The second-order valence-electron chi connectivity index (χ2n) is 6.22. The van der Waals surface area contributed by atoms with Crippen LogP contribution in [0.15, 0.2) is 0 Å². The average molecular weight is 261 g/mol. The van der Waals surface area contributed by atoms with Crippen molar-refractivity contribution >= 4 is 9.84 Å². The van der Waals surface area contributed by atoms with Crippen molar-refractivity contribution in [1.82, 2.24) is 5.32 Å². The van der Waals surface area contributed by atoms with Crippen molar-refractivity contribution in [3.05, 3.63) is 0 Å². The summed E-state index contributed by atoms with van der Waals surface area (Å²) in [7, 11) is -2.98. The van der Waals surface area contributed by atoms with Crippen LogP contribution in [0.3, 0.4) is 0 Å². The van der Waals surface area contributed by atoms with Crippen LogP contribution < -0.4 is 5.32 Å². The fourth-order valence-electron chi connectivity index (χ4n) is 2.35. The molecular weight excluding hydrogens is 234 g/mol. The molecule has 0 aromatic rings. The topological polar surface area (TPSA) is 46.2 Å². The minimum absolute atomic E-state index is 0.244. The van der Waals surface area contributed by atoms with Crippen LogP contribution in [0, 0.1) is 5.92 Å². The lowest BCUT2D eigenvalue weighted by Crippen LogP contribution is -2.39. The number of rotatable bonds is 5. The van der Waals surface area contributed by atoms with E-state index >= 15 is 0 Å². The first-order valence-corrected chi connectivity index (χ1v) is 8.35. The molecule has 1 unspecified atom stereocenters. The molecule has 1 aliphatic rings. The van der Waals surface area contributed by atoms with E-state index in [1.165, 1.54) is 25.7 Å². The highest BCUT2D eigenvalue weighted by molar-refractivity contribution is 7.92. The SMILES string of the molecule is CC(NCCS(=O)(=O)C(C)(C)C)C1CCCC1. The summed E-state index contributed by atoms with van der Waals surface area (Å²) in [6.45, 7) is 8.06. The third kappa shape index (κ3) is 4.25. The minimum Gasteiger partial charge on any atom is -0.313 e. The Bertz CT molecular complexity index is 324. The lowest BCUT2D eigenvalue weighted by Gasteiger charge is -2.23. The summed E-state index contributed by atoms with van der Waals surface area (Å²) in [4.78, 5) is 0. The molecule has 1 atom stereocenters. The van der Waals surface area contributed by atoms with Gasteiger partial charge in [-0.2, -0.15) is 0 Å². The van der Waals surface area contributed by atoms with E-state index in [0.717, 1.165) is 5.92 Å². The molecule has 0 radical (unpaired) electrons. The summed E-state index contributed by atoms with van der Waals surface area (Å²) in [6.07, 6.45) is 5.24. The molecule has 0 amide bonds. The molecule has 17 heavy (non-hydrogen) atoms. The smallest absolute Gasteiger partial charge is 0.156 e. The Labute approximate surface area is 106 Å². The molecule has 1 aliphatic carbocycles. The van der Waals surface area contributed by atoms with Crippen LogP contribution >= 0.6 is 0 Å². The van der Waals surface area contributed by atoms with Crippen molar-refractivity contribution in [1.29, 1.82) is 0 Å². The Morgan fingerprint density at radius 3 is 2.24 bits per heavy atom. The van der Waals surface area contributed by atoms with Gasteiger partial charge < -0.3 is 5.32 Å². The Kier molecular flexibility index (Phi) is 5.02. The number of sulfone groups is 1. The third-order valence-electron chi connectivity index (χ3n) is 3.88. The fraction of sp³-hybridized carbons (Fsp3) is 1.00. The molecule has 0 aromatic heterocycles. The van der Waals surface area contributed by atoms with Gasteiger partial charge in [0.15, 0.2) is 9.84 Å². The van der Waals surface area contributed by atoms with Crippen molar-refractivity contribution in [2.45, 2.75) is 64.2 Å². The fourth-order valence-corrected chi connectivity index (χ4v) is 3.35. The van der Waals surface area contributed by atoms with Crippen LogP contribution in [0.25, 0.3) is 0 Å². The predicted octanol–water partition coefficient (Wildman–Crippen LogP) is 2.37. The summed E-state index contributed by atoms with van der Waals surface area (Å²) in [6, 6.07) is 0.452. The summed E-state index contributed by atoms with van der Waals surface area (Å²) in [5.41, 5.74) is 0. The summed E-state index contributed by atoms with van der Waals surface area (Å²) < 4.78 is 23.2. The van der Waals surface area contributed by atoms with Crippen LogP contribution in [0.5, 0.6) is 0 Å². The van der Waals surface area contributed by atoms with Gasteiger partial charge >= 0.3 is 0 Å². The van der Waals surface area contributed by atoms with Crippen LogP contribution in [0.4, 0.5) is 0 Å². The van der Waals surface area contributed by atoms with Crippen LogP contribution in [0.2, 0.25) is 0 Å². The van der Waals surface area contributed by atoms with Gasteiger partial charge in [0.1, 0.15) is 0 Å². The van der Waals surface area contributed by atoms with Gasteiger partial charge in [-0.15, -0.1) is 0 Å². The van der Waals surface area contributed by atoms with Gasteiger partial charge in [0, 0.05) is 12.6 Å². The Morgan fingerprint density at radius 1 is 1.24 bits per heavy atom. The zero-order chi connectivity index (χ0) is 13.1. The molecule has 1 rings (SSSR count). The Morgan fingerprint density at radius 2 is 1.76 bits per heavy atom. The summed E-state index contributed by atoms with van der Waals surface area (Å²) in [5, 5.41) is 3.37. The standard InChI is InChI=1S/C13H27NO2S/c1-11(12-7-5-6-8-12)14-9-10-17(15,16)13(2,3)4/h11-12,14H,5-10H2,1-4H3. The van der Waals surface area contributed by atoms with Gasteiger partial charge in [0.25, 0.3) is 0 Å². The first kappa shape index (κ1) is 15.0. The van der Waals surface area contributed by atoms with Gasteiger partial charge in [-0.1, -0.05) is 12.8 Å². The van der Waals surface area contributed by atoms with E-state index in [1.54, 1.807) is 20.8 Å². The summed E-state index contributed by atoms with van der Waals surface area (Å²) >= 11 is 0. The van der Waals surface area contributed by atoms with E-state index in [2.05, 4.69) is 12.2 Å². The molecule has 102 valence electrons. The molecule has 0 spiro atoms. The molecule has 0 bridgehead atoms. The van der Waals surface area contributed by atoms with E-state index in [1.807, 2.05) is 0 Å². The van der Waals surface area contributed by atoms with Gasteiger partial charge in [-0.25, -0.2) is 8.42 Å². The normalized spacial score (nSPS) is 20.7. The van der Waals surface area contributed by atoms with Crippen molar-refractivity contribution in [3.8, 4) is 0 Å². The number of nitrogens with one attached hydrogen (secondary N) is 1. The van der Waals surface area contributed by atoms with Crippen LogP contribution in [-0.2, 0) is 9.84 Å². The molecule has 0 aliphatic heterocycles. The summed E-state index contributed by atoms with van der Waals surface area (Å²) in [5.74, 6) is 0.987. The molecule has 0 aromatic carbocycles. The maximum absolute atomic E-state index is 11.9. The second-order valence-corrected chi connectivity index (χ2v) is 9.08. The quantitative estimate of drug-likeness (QED) is 0.826. The highest BCUT2D eigenvalue weighted by Crippen LogP contribution is 2.27. The zero-order valence-electron chi connectivity index (χ0n) is 11.6. The van der Waals surface area contributed by atoms with Crippen LogP contribution in [0.1, 0.15) is 53.4 Å². The van der Waals surface area contributed by atoms with Crippen LogP contribution in [-0.4, -0.2) is 31.5 Å². The van der Waals surface area contributed by atoms with Crippen molar-refractivity contribution in [2.75, 3.05) is 12.3 Å². The van der Waals surface area contributed by atoms with E-state index in [4.69, 9.17) is 0 Å². The molecule has 4 heteroatoms. The molecule has 0 heterocycles. The lowest BCUT2D eigenvalue weighted by molar-refractivity contribution is 0.388. The molecular formula is C13H27NO2S. The predicted molar refractivity (Wildman–Crippen MR) is 73.0 cm³/mol. The Hall–Kier alpha value is -0.0900. The maximum atomic E-state index is 11.9. The first-order chi connectivity index (χ1) is 7.74. The largest absolute Gasteiger partial charge is 0.313 e. The zero-order valence-corrected chi connectivity index (χ0v) is 12.4. The highest BCUT2D eigenvalue weighted by Gasteiger charge is 2.28. The number of hydrogen-bond donors (Lipinski definition) is 1. The third-order valence-corrected chi connectivity index (χ3v) is 6.48. The Balaban J connectivity index is 2.32. The second kappa shape index (κ2) is 5.70. The highest BCUT2D eigenvalue weighted by atomic mass is 32.2. The van der Waals surface area contributed by atoms with E-state index in [-0.39, 0.29) is 5.75 Å². The first-order valence-electron chi connectivity index (χ1n) is 6.70. The average Bonchev–Trinajstić information content (AvgIpc) is 2.67. The van der Waals surface area contributed by atoms with E-state index < -0.39 is 14.6 Å². The molecule has 1 saturated carbocycles. The van der Waals surface area contributed by atoms with Crippen molar-refractivity contribution in [3.63, 3.8) is 0 Å². The van der Waals surface area contributed by atoms with Gasteiger partial charge in [-0.3, -0.25) is 0 Å². The minimum atomic E-state index is -2.98. The number of hydrogen-bond acceptors (Lipinski definition) is 3. The van der Waals surface area contributed by atoms with Crippen molar-refractivity contribution < 1.29 is 8.42 Å². The molecule has 3 nitrogen and oxygen atoms in total. The van der Waals surface area contributed by atoms with Gasteiger partial charge in [-0.05, 0) is 46.5 Å². The maximum Gasteiger partial charge on any atom is 0.156 e. The molecule has 1 fully saturated rings.